The molecule has 70 valence electrons. The predicted molar refractivity (Wildman–Crippen MR) is 43.0 cm³/mol. The second-order valence-electron chi connectivity index (χ2n) is 2.40. The normalized spacial score (nSPS) is 12.5. The number of methoxy groups -OCH3 is 2. The van der Waals surface area contributed by atoms with Gasteiger partial charge in [0.05, 0.1) is 6.61 Å². The van der Waals surface area contributed by atoms with Gasteiger partial charge in [-0.2, -0.15) is 0 Å². The molecule has 0 N–H and O–H groups in total. The summed E-state index contributed by atoms with van der Waals surface area (Å²) >= 11 is 0. The van der Waals surface area contributed by atoms with Gasteiger partial charge in [-0.3, -0.25) is 4.79 Å². The minimum absolute atomic E-state index is 0.0178. The summed E-state index contributed by atoms with van der Waals surface area (Å²) in [5.41, 5.74) is 0. The van der Waals surface area contributed by atoms with Crippen LogP contribution in [0.4, 0.5) is 0 Å². The Morgan fingerprint density at radius 3 is 2.58 bits per heavy atom. The standard InChI is InChI=1S/C8H14O4/c1-11-4-3-7(10)5-8(6-9)12-2/h6,8H,3-5H2,1-2H3. The van der Waals surface area contributed by atoms with E-state index >= 15 is 0 Å². The van der Waals surface area contributed by atoms with Crippen LogP contribution in [0.2, 0.25) is 0 Å². The fraction of sp³-hybridized carbons (Fsp3) is 0.750. The SMILES string of the molecule is COCCC(=O)CC(C=O)OC. The van der Waals surface area contributed by atoms with Crippen LogP contribution in [-0.2, 0) is 19.1 Å². The molecule has 0 aromatic carbocycles. The van der Waals surface area contributed by atoms with Crippen LogP contribution >= 0.6 is 0 Å². The molecule has 0 radical (unpaired) electrons. The molecule has 1 unspecified atom stereocenters. The summed E-state index contributed by atoms with van der Waals surface area (Å²) in [5, 5.41) is 0. The smallest absolute Gasteiger partial charge is 0.149 e. The van der Waals surface area contributed by atoms with Crippen molar-refractivity contribution in [3.05, 3.63) is 0 Å². The first-order valence-electron chi connectivity index (χ1n) is 3.73. The molecule has 0 fully saturated rings. The first-order valence-corrected chi connectivity index (χ1v) is 3.73. The van der Waals surface area contributed by atoms with Gasteiger partial charge in [-0.1, -0.05) is 0 Å². The van der Waals surface area contributed by atoms with E-state index in [9.17, 15) is 9.59 Å². The number of ketones is 1. The van der Waals surface area contributed by atoms with Crippen molar-refractivity contribution >= 4 is 12.1 Å². The molecule has 0 aliphatic carbocycles. The van der Waals surface area contributed by atoms with Gasteiger partial charge in [0.25, 0.3) is 0 Å². The van der Waals surface area contributed by atoms with E-state index in [4.69, 9.17) is 9.47 Å². The van der Waals surface area contributed by atoms with E-state index in [2.05, 4.69) is 0 Å². The fourth-order valence-corrected chi connectivity index (χ4v) is 0.729. The molecule has 0 saturated carbocycles. The van der Waals surface area contributed by atoms with Gasteiger partial charge in [-0.25, -0.2) is 0 Å². The minimum Gasteiger partial charge on any atom is -0.384 e. The molecule has 0 aliphatic rings. The molecular formula is C8H14O4. The van der Waals surface area contributed by atoms with Crippen molar-refractivity contribution in [2.24, 2.45) is 0 Å². The number of hydrogen-bond donors (Lipinski definition) is 0. The molecule has 0 aromatic rings. The van der Waals surface area contributed by atoms with Crippen LogP contribution in [0.25, 0.3) is 0 Å². The van der Waals surface area contributed by atoms with Gasteiger partial charge in [0.1, 0.15) is 18.2 Å². The first kappa shape index (κ1) is 11.3. The number of ether oxygens (including phenoxy) is 2. The summed E-state index contributed by atoms with van der Waals surface area (Å²) in [7, 11) is 2.93. The van der Waals surface area contributed by atoms with Gasteiger partial charge in [0.15, 0.2) is 0 Å². The Morgan fingerprint density at radius 1 is 1.50 bits per heavy atom. The van der Waals surface area contributed by atoms with Gasteiger partial charge < -0.3 is 14.3 Å². The number of aldehydes is 1. The van der Waals surface area contributed by atoms with Crippen LogP contribution in [0.15, 0.2) is 0 Å². The van der Waals surface area contributed by atoms with Crippen molar-refractivity contribution in [2.75, 3.05) is 20.8 Å². The lowest BCUT2D eigenvalue weighted by Gasteiger charge is -2.05. The van der Waals surface area contributed by atoms with Crippen molar-refractivity contribution in [1.82, 2.24) is 0 Å². The average Bonchev–Trinajstić information content (AvgIpc) is 2.10. The van der Waals surface area contributed by atoms with Crippen molar-refractivity contribution in [3.8, 4) is 0 Å². The van der Waals surface area contributed by atoms with Gasteiger partial charge in [-0.05, 0) is 0 Å². The average molecular weight is 174 g/mol. The van der Waals surface area contributed by atoms with Crippen LogP contribution in [0.3, 0.4) is 0 Å². The van der Waals surface area contributed by atoms with E-state index in [1.165, 1.54) is 14.2 Å². The van der Waals surface area contributed by atoms with Crippen LogP contribution in [-0.4, -0.2) is 39.0 Å². The Morgan fingerprint density at radius 2 is 2.17 bits per heavy atom. The third kappa shape index (κ3) is 4.98. The third-order valence-electron chi connectivity index (χ3n) is 1.47. The highest BCUT2D eigenvalue weighted by Gasteiger charge is 2.10. The molecule has 4 heteroatoms. The monoisotopic (exact) mass is 174 g/mol. The molecule has 0 saturated heterocycles. The largest absolute Gasteiger partial charge is 0.384 e. The number of Topliss-reactive ketones (excluding diaryl/α,β-unsaturated/α-hetero) is 1. The van der Waals surface area contributed by atoms with Crippen LogP contribution in [0, 0.1) is 0 Å². The fourth-order valence-electron chi connectivity index (χ4n) is 0.729. The topological polar surface area (TPSA) is 52.6 Å². The van der Waals surface area contributed by atoms with E-state index < -0.39 is 6.10 Å². The second kappa shape index (κ2) is 6.94. The summed E-state index contributed by atoms with van der Waals surface area (Å²) < 4.78 is 9.43. The maximum Gasteiger partial charge on any atom is 0.149 e. The van der Waals surface area contributed by atoms with E-state index in [1.807, 2.05) is 0 Å². The maximum atomic E-state index is 11.0. The lowest BCUT2D eigenvalue weighted by Crippen LogP contribution is -2.18. The number of carbonyl (C=O) groups is 2. The van der Waals surface area contributed by atoms with E-state index in [0.717, 1.165) is 0 Å². The van der Waals surface area contributed by atoms with Gasteiger partial charge in [0.2, 0.25) is 0 Å². The van der Waals surface area contributed by atoms with Crippen LogP contribution in [0.5, 0.6) is 0 Å². The van der Waals surface area contributed by atoms with E-state index in [0.29, 0.717) is 19.3 Å². The number of hydrogen-bond acceptors (Lipinski definition) is 4. The van der Waals surface area contributed by atoms with Gasteiger partial charge >= 0.3 is 0 Å². The molecule has 0 rings (SSSR count). The molecule has 4 nitrogen and oxygen atoms in total. The first-order chi connectivity index (χ1) is 5.74. The Kier molecular flexibility index (Phi) is 6.51. The zero-order valence-corrected chi connectivity index (χ0v) is 7.41. The van der Waals surface area contributed by atoms with E-state index in [1.54, 1.807) is 0 Å². The lowest BCUT2D eigenvalue weighted by atomic mass is 10.1. The summed E-state index contributed by atoms with van der Waals surface area (Å²) in [4.78, 5) is 21.2. The molecule has 0 amide bonds. The van der Waals surface area contributed by atoms with Crippen LogP contribution < -0.4 is 0 Å². The van der Waals surface area contributed by atoms with Crippen molar-refractivity contribution in [1.29, 1.82) is 0 Å². The van der Waals surface area contributed by atoms with E-state index in [-0.39, 0.29) is 12.2 Å². The molecular weight excluding hydrogens is 160 g/mol. The van der Waals surface area contributed by atoms with Crippen molar-refractivity contribution in [3.63, 3.8) is 0 Å². The summed E-state index contributed by atoms with van der Waals surface area (Å²) in [6.45, 7) is 0.397. The summed E-state index contributed by atoms with van der Waals surface area (Å²) in [6.07, 6.45) is 0.507. The number of rotatable bonds is 7. The zero-order valence-electron chi connectivity index (χ0n) is 7.41. The highest BCUT2D eigenvalue weighted by Crippen LogP contribution is 1.97. The summed E-state index contributed by atoms with van der Waals surface area (Å²) in [5.74, 6) is -0.0178. The maximum absolute atomic E-state index is 11.0. The third-order valence-corrected chi connectivity index (χ3v) is 1.47. The molecule has 0 bridgehead atoms. The predicted octanol–water partition coefficient (Wildman–Crippen LogP) is 0.196. The molecule has 0 aliphatic heterocycles. The highest BCUT2D eigenvalue weighted by atomic mass is 16.5. The quantitative estimate of drug-likeness (QED) is 0.517. The summed E-state index contributed by atoms with van der Waals surface area (Å²) in [6, 6.07) is 0. The van der Waals surface area contributed by atoms with Crippen molar-refractivity contribution in [2.45, 2.75) is 18.9 Å². The Hall–Kier alpha value is -0.740. The number of carbonyl (C=O) groups excluding carboxylic acids is 2. The lowest BCUT2D eigenvalue weighted by molar-refractivity contribution is -0.127. The van der Waals surface area contributed by atoms with Gasteiger partial charge in [-0.15, -0.1) is 0 Å². The zero-order chi connectivity index (χ0) is 9.40. The molecule has 12 heavy (non-hydrogen) atoms. The molecule has 0 spiro atoms. The Labute approximate surface area is 71.8 Å². The second-order valence-corrected chi connectivity index (χ2v) is 2.40. The Bertz CT molecular complexity index is 144. The van der Waals surface area contributed by atoms with Crippen LogP contribution in [0.1, 0.15) is 12.8 Å². The molecule has 1 atom stereocenters. The molecule has 0 aromatic heterocycles. The van der Waals surface area contributed by atoms with Gasteiger partial charge in [0, 0.05) is 27.1 Å². The van der Waals surface area contributed by atoms with Crippen molar-refractivity contribution < 1.29 is 19.1 Å². The molecule has 0 heterocycles. The highest BCUT2D eigenvalue weighted by molar-refractivity contribution is 5.81. The minimum atomic E-state index is -0.602. The Balaban J connectivity index is 3.58.